The summed E-state index contributed by atoms with van der Waals surface area (Å²) in [4.78, 5) is 1.98. The number of nitrogens with two attached hydrogens (primary N) is 1. The highest BCUT2D eigenvalue weighted by atomic mass is 32.2. The molecule has 1 aliphatic rings. The highest BCUT2D eigenvalue weighted by Crippen LogP contribution is 2.31. The van der Waals surface area contributed by atoms with E-state index in [1.165, 1.54) is 11.3 Å². The second-order valence-electron chi connectivity index (χ2n) is 3.73. The van der Waals surface area contributed by atoms with Crippen LogP contribution in [0.25, 0.3) is 0 Å². The summed E-state index contributed by atoms with van der Waals surface area (Å²) < 4.78 is 22.8. The molecular formula is C9H13NO3S2. The third-order valence-electron chi connectivity index (χ3n) is 2.49. The van der Waals surface area contributed by atoms with Crippen LogP contribution >= 0.6 is 11.3 Å². The molecule has 4 nitrogen and oxygen atoms in total. The second-order valence-corrected chi connectivity index (χ2v) is 7.08. The standard InChI is InChI=1S/C9H13NO3S2/c10-7(4-11)9-3-6-5-15(12,13)2-1-8(6)14-9/h3,7,11H,1-2,4-5,10H2. The summed E-state index contributed by atoms with van der Waals surface area (Å²) in [5.74, 6) is 0.352. The average molecular weight is 247 g/mol. The first-order valence-electron chi connectivity index (χ1n) is 4.70. The van der Waals surface area contributed by atoms with Gasteiger partial charge in [-0.15, -0.1) is 11.3 Å². The largest absolute Gasteiger partial charge is 0.394 e. The van der Waals surface area contributed by atoms with Gasteiger partial charge in [0.1, 0.15) is 0 Å². The third kappa shape index (κ3) is 2.23. The Kier molecular flexibility index (Phi) is 2.85. The van der Waals surface area contributed by atoms with Crippen LogP contribution in [0.15, 0.2) is 6.07 Å². The van der Waals surface area contributed by atoms with Gasteiger partial charge in [-0.3, -0.25) is 0 Å². The Hall–Kier alpha value is -0.430. The molecule has 15 heavy (non-hydrogen) atoms. The highest BCUT2D eigenvalue weighted by molar-refractivity contribution is 7.90. The molecule has 2 heterocycles. The molecule has 0 spiro atoms. The number of rotatable bonds is 2. The highest BCUT2D eigenvalue weighted by Gasteiger charge is 2.24. The molecule has 1 aromatic rings. The number of aryl methyl sites for hydroxylation is 1. The third-order valence-corrected chi connectivity index (χ3v) is 5.44. The van der Waals surface area contributed by atoms with Gasteiger partial charge in [-0.05, 0) is 18.1 Å². The first-order chi connectivity index (χ1) is 7.02. The van der Waals surface area contributed by atoms with Gasteiger partial charge in [0.15, 0.2) is 9.84 Å². The van der Waals surface area contributed by atoms with Crippen LogP contribution in [0.4, 0.5) is 0 Å². The van der Waals surface area contributed by atoms with Crippen molar-refractivity contribution in [1.82, 2.24) is 0 Å². The number of aliphatic hydroxyl groups excluding tert-OH is 1. The lowest BCUT2D eigenvalue weighted by Gasteiger charge is -2.10. The lowest BCUT2D eigenvalue weighted by Crippen LogP contribution is -2.16. The molecule has 0 amide bonds. The molecule has 0 fully saturated rings. The Labute approximate surface area is 92.7 Å². The molecule has 0 aliphatic carbocycles. The summed E-state index contributed by atoms with van der Waals surface area (Å²) in [5, 5.41) is 8.92. The van der Waals surface area contributed by atoms with E-state index in [1.807, 2.05) is 6.07 Å². The number of aliphatic hydroxyl groups is 1. The van der Waals surface area contributed by atoms with E-state index in [0.29, 0.717) is 6.42 Å². The Morgan fingerprint density at radius 1 is 1.60 bits per heavy atom. The zero-order valence-corrected chi connectivity index (χ0v) is 9.77. The monoisotopic (exact) mass is 247 g/mol. The molecule has 1 aromatic heterocycles. The summed E-state index contributed by atoms with van der Waals surface area (Å²) in [7, 11) is -2.91. The van der Waals surface area contributed by atoms with E-state index >= 15 is 0 Å². The Balaban J connectivity index is 2.33. The number of fused-ring (bicyclic) bond motifs is 1. The smallest absolute Gasteiger partial charge is 0.154 e. The molecular weight excluding hydrogens is 234 g/mol. The maximum Gasteiger partial charge on any atom is 0.154 e. The molecule has 3 N–H and O–H groups in total. The zero-order valence-electron chi connectivity index (χ0n) is 8.14. The molecule has 84 valence electrons. The SMILES string of the molecule is NC(CO)c1cc2c(s1)CCS(=O)(=O)C2. The first-order valence-corrected chi connectivity index (χ1v) is 7.34. The minimum absolute atomic E-state index is 0.105. The van der Waals surface area contributed by atoms with Crippen molar-refractivity contribution in [1.29, 1.82) is 0 Å². The van der Waals surface area contributed by atoms with Crippen LogP contribution in [-0.4, -0.2) is 25.9 Å². The summed E-state index contributed by atoms with van der Waals surface area (Å²) in [6.45, 7) is -0.105. The normalized spacial score (nSPS) is 20.9. The van der Waals surface area contributed by atoms with Gasteiger partial charge in [0.05, 0.1) is 24.2 Å². The fourth-order valence-corrected chi connectivity index (χ4v) is 4.44. The topological polar surface area (TPSA) is 80.4 Å². The van der Waals surface area contributed by atoms with Crippen molar-refractivity contribution in [3.63, 3.8) is 0 Å². The van der Waals surface area contributed by atoms with Crippen molar-refractivity contribution in [3.8, 4) is 0 Å². The van der Waals surface area contributed by atoms with Crippen LogP contribution in [0.2, 0.25) is 0 Å². The van der Waals surface area contributed by atoms with Gasteiger partial charge in [0.25, 0.3) is 0 Å². The van der Waals surface area contributed by atoms with Crippen LogP contribution in [0.5, 0.6) is 0 Å². The van der Waals surface area contributed by atoms with Gasteiger partial charge < -0.3 is 10.8 Å². The van der Waals surface area contributed by atoms with Gasteiger partial charge >= 0.3 is 0 Å². The minimum Gasteiger partial charge on any atom is -0.394 e. The Bertz CT molecular complexity index is 464. The predicted molar refractivity (Wildman–Crippen MR) is 59.5 cm³/mol. The molecule has 1 unspecified atom stereocenters. The van der Waals surface area contributed by atoms with Crippen LogP contribution in [0, 0.1) is 0 Å². The van der Waals surface area contributed by atoms with Crippen molar-refractivity contribution in [2.45, 2.75) is 18.2 Å². The quantitative estimate of drug-likeness (QED) is 0.783. The number of hydrogen-bond acceptors (Lipinski definition) is 5. The van der Waals surface area contributed by atoms with Gasteiger partial charge in [-0.1, -0.05) is 0 Å². The lowest BCUT2D eigenvalue weighted by molar-refractivity contribution is 0.269. The molecule has 2 rings (SSSR count). The summed E-state index contributed by atoms with van der Waals surface area (Å²) >= 11 is 1.52. The van der Waals surface area contributed by atoms with Gasteiger partial charge in [-0.25, -0.2) is 8.42 Å². The van der Waals surface area contributed by atoms with E-state index in [0.717, 1.165) is 15.3 Å². The van der Waals surface area contributed by atoms with Crippen LogP contribution in [0.1, 0.15) is 21.4 Å². The number of sulfone groups is 1. The van der Waals surface area contributed by atoms with Crippen molar-refractivity contribution >= 4 is 21.2 Å². The molecule has 6 heteroatoms. The second kappa shape index (κ2) is 3.86. The Morgan fingerprint density at radius 2 is 2.33 bits per heavy atom. The van der Waals surface area contributed by atoms with Crippen LogP contribution in [0.3, 0.4) is 0 Å². The lowest BCUT2D eigenvalue weighted by atomic mass is 10.2. The van der Waals surface area contributed by atoms with Crippen molar-refractivity contribution in [2.24, 2.45) is 5.73 Å². The summed E-state index contributed by atoms with van der Waals surface area (Å²) in [5.41, 5.74) is 6.55. The fraction of sp³-hybridized carbons (Fsp3) is 0.556. The zero-order chi connectivity index (χ0) is 11.1. The molecule has 0 saturated carbocycles. The van der Waals surface area contributed by atoms with E-state index in [1.54, 1.807) is 0 Å². The fourth-order valence-electron chi connectivity index (χ4n) is 1.65. The molecule has 0 radical (unpaired) electrons. The van der Waals surface area contributed by atoms with E-state index in [4.69, 9.17) is 10.8 Å². The van der Waals surface area contributed by atoms with Crippen molar-refractivity contribution < 1.29 is 13.5 Å². The van der Waals surface area contributed by atoms with Gasteiger partial charge in [0, 0.05) is 9.75 Å². The van der Waals surface area contributed by atoms with Crippen molar-refractivity contribution in [3.05, 3.63) is 21.4 Å². The first kappa shape index (κ1) is 11.1. The minimum atomic E-state index is -2.91. The predicted octanol–water partition coefficient (Wildman–Crippen LogP) is 0.211. The van der Waals surface area contributed by atoms with Gasteiger partial charge in [-0.2, -0.15) is 0 Å². The maximum atomic E-state index is 11.4. The molecule has 0 aromatic carbocycles. The summed E-state index contributed by atoms with van der Waals surface area (Å²) in [6.07, 6.45) is 0.584. The van der Waals surface area contributed by atoms with E-state index in [9.17, 15) is 8.42 Å². The van der Waals surface area contributed by atoms with E-state index in [-0.39, 0.29) is 24.2 Å². The Morgan fingerprint density at radius 3 is 3.00 bits per heavy atom. The van der Waals surface area contributed by atoms with Crippen LogP contribution < -0.4 is 5.73 Å². The molecule has 0 bridgehead atoms. The van der Waals surface area contributed by atoms with Gasteiger partial charge in [0.2, 0.25) is 0 Å². The van der Waals surface area contributed by atoms with Crippen molar-refractivity contribution in [2.75, 3.05) is 12.4 Å². The number of hydrogen-bond donors (Lipinski definition) is 2. The average Bonchev–Trinajstić information content (AvgIpc) is 2.57. The molecule has 1 aliphatic heterocycles. The number of thiophene rings is 1. The molecule has 0 saturated heterocycles. The summed E-state index contributed by atoms with van der Waals surface area (Å²) in [6, 6.07) is 1.43. The van der Waals surface area contributed by atoms with E-state index < -0.39 is 9.84 Å². The maximum absolute atomic E-state index is 11.4. The molecule has 1 atom stereocenters. The van der Waals surface area contributed by atoms with Crippen LogP contribution in [-0.2, 0) is 22.0 Å². The van der Waals surface area contributed by atoms with E-state index in [2.05, 4.69) is 0 Å².